The van der Waals surface area contributed by atoms with E-state index in [0.29, 0.717) is 17.0 Å². The second-order valence-corrected chi connectivity index (χ2v) is 7.03. The fourth-order valence-corrected chi connectivity index (χ4v) is 2.63. The zero-order valence-electron chi connectivity index (χ0n) is 14.0. The van der Waals surface area contributed by atoms with E-state index in [4.69, 9.17) is 16.7 Å². The van der Waals surface area contributed by atoms with Gasteiger partial charge < -0.3 is 10.4 Å². The van der Waals surface area contributed by atoms with Crippen LogP contribution in [0.3, 0.4) is 0 Å². The minimum Gasteiger partial charge on any atom is -0.465 e. The number of nitrogens with zero attached hydrogens (tertiary/aromatic N) is 2. The van der Waals surface area contributed by atoms with Gasteiger partial charge in [0.15, 0.2) is 0 Å². The van der Waals surface area contributed by atoms with Gasteiger partial charge in [-0.25, -0.2) is 4.79 Å². The molecule has 2 aromatic rings. The van der Waals surface area contributed by atoms with Gasteiger partial charge in [-0.1, -0.05) is 44.5 Å². The quantitative estimate of drug-likeness (QED) is 0.606. The van der Waals surface area contributed by atoms with Crippen LogP contribution < -0.4 is 5.32 Å². The number of pyridine rings is 1. The molecule has 2 N–H and O–H groups in total. The normalized spacial score (nSPS) is 12.5. The van der Waals surface area contributed by atoms with Crippen molar-refractivity contribution in [1.82, 2.24) is 10.3 Å². The van der Waals surface area contributed by atoms with Crippen molar-refractivity contribution in [2.24, 2.45) is 5.41 Å². The molecule has 0 aliphatic heterocycles. The Hall–Kier alpha value is -2.67. The van der Waals surface area contributed by atoms with Gasteiger partial charge >= 0.3 is 6.09 Å². The summed E-state index contributed by atoms with van der Waals surface area (Å²) in [5.74, 6) is 0. The first-order valence-electron chi connectivity index (χ1n) is 7.50. The third-order valence-electron chi connectivity index (χ3n) is 3.64. The highest BCUT2D eigenvalue weighted by Gasteiger charge is 2.29. The van der Waals surface area contributed by atoms with Crippen molar-refractivity contribution in [1.29, 1.82) is 0 Å². The number of carboxylic acid groups (broad SMARTS) is 1. The van der Waals surface area contributed by atoms with E-state index in [1.807, 2.05) is 20.8 Å². The molecule has 132 valence electrons. The van der Waals surface area contributed by atoms with Gasteiger partial charge in [0.1, 0.15) is 5.02 Å². The SMILES string of the molecule is CC(C)(C)C(NC(=O)O)c1cccc(-c2ccc(Cl)c([N+](=O)[O-])c2)n1. The number of aromatic nitrogens is 1. The van der Waals surface area contributed by atoms with Crippen LogP contribution in [0.1, 0.15) is 32.5 Å². The minimum atomic E-state index is -1.14. The molecule has 1 aromatic heterocycles. The molecule has 1 amide bonds. The Morgan fingerprint density at radius 3 is 2.56 bits per heavy atom. The molecule has 0 bridgehead atoms. The summed E-state index contributed by atoms with van der Waals surface area (Å²) in [6.07, 6.45) is -1.14. The average molecular weight is 364 g/mol. The van der Waals surface area contributed by atoms with Crippen molar-refractivity contribution in [3.05, 3.63) is 57.2 Å². The molecular formula is C17H18ClN3O4. The highest BCUT2D eigenvalue weighted by atomic mass is 35.5. The lowest BCUT2D eigenvalue weighted by atomic mass is 9.84. The fourth-order valence-electron chi connectivity index (χ4n) is 2.44. The maximum atomic E-state index is 11.1. The molecule has 0 aliphatic rings. The van der Waals surface area contributed by atoms with E-state index < -0.39 is 22.5 Å². The van der Waals surface area contributed by atoms with E-state index in [1.165, 1.54) is 12.1 Å². The lowest BCUT2D eigenvalue weighted by Gasteiger charge is -2.30. The molecule has 1 atom stereocenters. The van der Waals surface area contributed by atoms with Crippen molar-refractivity contribution in [3.8, 4) is 11.3 Å². The van der Waals surface area contributed by atoms with Crippen molar-refractivity contribution in [2.45, 2.75) is 26.8 Å². The van der Waals surface area contributed by atoms with Crippen LogP contribution in [0.25, 0.3) is 11.3 Å². The second kappa shape index (κ2) is 7.06. The summed E-state index contributed by atoms with van der Waals surface area (Å²) in [7, 11) is 0. The number of rotatable bonds is 4. The zero-order chi connectivity index (χ0) is 18.8. The summed E-state index contributed by atoms with van der Waals surface area (Å²) in [4.78, 5) is 26.1. The number of nitro benzene ring substituents is 1. The summed E-state index contributed by atoms with van der Waals surface area (Å²) in [5, 5.41) is 22.7. The van der Waals surface area contributed by atoms with Gasteiger partial charge in [0.25, 0.3) is 5.69 Å². The lowest BCUT2D eigenvalue weighted by molar-refractivity contribution is -0.384. The van der Waals surface area contributed by atoms with Crippen LogP contribution in [0.4, 0.5) is 10.5 Å². The maximum Gasteiger partial charge on any atom is 0.405 e. The molecule has 0 saturated carbocycles. The fraction of sp³-hybridized carbons (Fsp3) is 0.294. The van der Waals surface area contributed by atoms with Gasteiger partial charge in [0.2, 0.25) is 0 Å². The van der Waals surface area contributed by atoms with Crippen LogP contribution >= 0.6 is 11.6 Å². The Morgan fingerprint density at radius 1 is 1.32 bits per heavy atom. The third kappa shape index (κ3) is 4.45. The molecule has 0 saturated heterocycles. The van der Waals surface area contributed by atoms with Crippen LogP contribution in [0, 0.1) is 15.5 Å². The number of nitro groups is 1. The first-order valence-corrected chi connectivity index (χ1v) is 7.88. The average Bonchev–Trinajstić information content (AvgIpc) is 2.51. The van der Waals surface area contributed by atoms with Gasteiger partial charge in [-0.2, -0.15) is 0 Å². The highest BCUT2D eigenvalue weighted by molar-refractivity contribution is 6.32. The lowest BCUT2D eigenvalue weighted by Crippen LogP contribution is -2.36. The first kappa shape index (κ1) is 18.7. The van der Waals surface area contributed by atoms with E-state index in [1.54, 1.807) is 24.3 Å². The molecule has 1 aromatic carbocycles. The van der Waals surface area contributed by atoms with Crippen molar-refractivity contribution >= 4 is 23.4 Å². The molecule has 0 radical (unpaired) electrons. The largest absolute Gasteiger partial charge is 0.465 e. The van der Waals surface area contributed by atoms with E-state index in [-0.39, 0.29) is 10.7 Å². The summed E-state index contributed by atoms with van der Waals surface area (Å²) in [5.41, 5.74) is 0.947. The number of hydrogen-bond donors (Lipinski definition) is 2. The van der Waals surface area contributed by atoms with E-state index in [2.05, 4.69) is 10.3 Å². The molecule has 8 heteroatoms. The van der Waals surface area contributed by atoms with Gasteiger partial charge in [-0.15, -0.1) is 0 Å². The molecule has 1 unspecified atom stereocenters. The van der Waals surface area contributed by atoms with Gasteiger partial charge in [0.05, 0.1) is 22.4 Å². The van der Waals surface area contributed by atoms with Crippen molar-refractivity contribution < 1.29 is 14.8 Å². The van der Waals surface area contributed by atoms with Crippen molar-refractivity contribution in [3.63, 3.8) is 0 Å². The highest BCUT2D eigenvalue weighted by Crippen LogP contribution is 2.34. The van der Waals surface area contributed by atoms with Crippen LogP contribution in [-0.2, 0) is 0 Å². The Labute approximate surface area is 149 Å². The Kier molecular flexibility index (Phi) is 5.27. The number of amides is 1. The molecule has 2 rings (SSSR count). The van der Waals surface area contributed by atoms with Gasteiger partial charge in [-0.05, 0) is 23.6 Å². The molecular weight excluding hydrogens is 346 g/mol. The first-order chi connectivity index (χ1) is 11.6. The zero-order valence-corrected chi connectivity index (χ0v) is 14.7. The number of carbonyl (C=O) groups is 1. The molecule has 0 spiro atoms. The van der Waals surface area contributed by atoms with Gasteiger partial charge in [-0.3, -0.25) is 15.1 Å². The van der Waals surface area contributed by atoms with Crippen molar-refractivity contribution in [2.75, 3.05) is 0 Å². The second-order valence-electron chi connectivity index (χ2n) is 6.62. The predicted molar refractivity (Wildman–Crippen MR) is 94.7 cm³/mol. The van der Waals surface area contributed by atoms with Crippen LogP contribution in [0.15, 0.2) is 36.4 Å². The Balaban J connectivity index is 2.49. The minimum absolute atomic E-state index is 0.0463. The predicted octanol–water partition coefficient (Wildman–Crippen LogP) is 4.67. The Bertz CT molecular complexity index is 818. The number of benzene rings is 1. The monoisotopic (exact) mass is 363 g/mol. The molecule has 0 aliphatic carbocycles. The van der Waals surface area contributed by atoms with E-state index in [9.17, 15) is 14.9 Å². The number of hydrogen-bond acceptors (Lipinski definition) is 4. The molecule has 25 heavy (non-hydrogen) atoms. The van der Waals surface area contributed by atoms with Crippen LogP contribution in [-0.4, -0.2) is 21.1 Å². The molecule has 0 fully saturated rings. The summed E-state index contributed by atoms with van der Waals surface area (Å²) in [6.45, 7) is 5.69. The van der Waals surface area contributed by atoms with Crippen LogP contribution in [0.2, 0.25) is 5.02 Å². The maximum absolute atomic E-state index is 11.1. The topological polar surface area (TPSA) is 105 Å². The standard InChI is InChI=1S/C17H18ClN3O4/c1-17(2,3)15(20-16(22)23)13-6-4-5-12(19-13)10-7-8-11(18)14(9-10)21(24)25/h4-9,15,20H,1-3H3,(H,22,23). The summed E-state index contributed by atoms with van der Waals surface area (Å²) in [6, 6.07) is 9.06. The summed E-state index contributed by atoms with van der Waals surface area (Å²) < 4.78 is 0. The van der Waals surface area contributed by atoms with E-state index >= 15 is 0 Å². The number of nitrogens with one attached hydrogen (secondary N) is 1. The van der Waals surface area contributed by atoms with Gasteiger partial charge in [0, 0.05) is 11.6 Å². The number of halogens is 1. The smallest absolute Gasteiger partial charge is 0.405 e. The van der Waals surface area contributed by atoms with Crippen LogP contribution in [0.5, 0.6) is 0 Å². The Morgan fingerprint density at radius 2 is 2.00 bits per heavy atom. The summed E-state index contributed by atoms with van der Waals surface area (Å²) >= 11 is 5.84. The third-order valence-corrected chi connectivity index (χ3v) is 3.96. The molecule has 7 nitrogen and oxygen atoms in total. The van der Waals surface area contributed by atoms with E-state index in [0.717, 1.165) is 0 Å². The molecule has 1 heterocycles.